The van der Waals surface area contributed by atoms with Gasteiger partial charge < -0.3 is 19.9 Å². The van der Waals surface area contributed by atoms with Gasteiger partial charge in [0.05, 0.1) is 5.56 Å². The van der Waals surface area contributed by atoms with Gasteiger partial charge in [0, 0.05) is 6.42 Å². The number of hydrogen-bond donors (Lipinski definition) is 3. The monoisotopic (exact) mass is 289 g/mol. The van der Waals surface area contributed by atoms with E-state index in [4.69, 9.17) is 4.42 Å². The lowest BCUT2D eigenvalue weighted by Gasteiger charge is -2.14. The number of nitrogens with one attached hydrogen (secondary N) is 1. The lowest BCUT2D eigenvalue weighted by atomic mass is 10.1. The molecule has 0 aliphatic carbocycles. The molecule has 3 N–H and O–H groups in total. The zero-order valence-electron chi connectivity index (χ0n) is 11.4. The second-order valence-electron chi connectivity index (χ2n) is 4.68. The van der Waals surface area contributed by atoms with Crippen molar-refractivity contribution in [2.24, 2.45) is 0 Å². The fourth-order valence-electron chi connectivity index (χ4n) is 1.87. The van der Waals surface area contributed by atoms with Gasteiger partial charge in [-0.25, -0.2) is 4.79 Å². The van der Waals surface area contributed by atoms with Gasteiger partial charge >= 0.3 is 5.97 Å². The van der Waals surface area contributed by atoms with Crippen LogP contribution in [0.25, 0.3) is 0 Å². The normalized spacial score (nSPS) is 11.9. The van der Waals surface area contributed by atoms with E-state index in [2.05, 4.69) is 5.32 Å². The van der Waals surface area contributed by atoms with Crippen LogP contribution in [0.15, 0.2) is 41.0 Å². The fourth-order valence-corrected chi connectivity index (χ4v) is 1.87. The molecule has 0 radical (unpaired) electrons. The predicted octanol–water partition coefficient (Wildman–Crippen LogP) is 1.72. The minimum absolute atomic E-state index is 0.100. The molecule has 0 aliphatic rings. The van der Waals surface area contributed by atoms with Crippen molar-refractivity contribution in [3.05, 3.63) is 53.5 Å². The number of aliphatic carboxylic acids is 1. The van der Waals surface area contributed by atoms with Crippen LogP contribution in [0.5, 0.6) is 5.75 Å². The van der Waals surface area contributed by atoms with E-state index in [1.807, 2.05) is 0 Å². The minimum Gasteiger partial charge on any atom is -0.508 e. The molecule has 0 spiro atoms. The Morgan fingerprint density at radius 1 is 1.29 bits per heavy atom. The van der Waals surface area contributed by atoms with Crippen molar-refractivity contribution in [1.29, 1.82) is 0 Å². The summed E-state index contributed by atoms with van der Waals surface area (Å²) in [7, 11) is 0. The standard InChI is InChI=1S/C15H15NO5/c1-9-6-11(8-21-9)14(18)16-13(15(19)20)7-10-2-4-12(17)5-3-10/h2-6,8,13,17H,7H2,1H3,(H,16,18)(H,19,20). The van der Waals surface area contributed by atoms with Crippen molar-refractivity contribution in [3.8, 4) is 5.75 Å². The maximum atomic E-state index is 11.9. The molecule has 21 heavy (non-hydrogen) atoms. The second kappa shape index (κ2) is 6.13. The highest BCUT2D eigenvalue weighted by molar-refractivity contribution is 5.96. The third-order valence-corrected chi connectivity index (χ3v) is 2.97. The SMILES string of the molecule is Cc1cc(C(=O)NC(Cc2ccc(O)cc2)C(=O)O)co1. The maximum Gasteiger partial charge on any atom is 0.326 e. The molecule has 6 heteroatoms. The quantitative estimate of drug-likeness (QED) is 0.778. The second-order valence-corrected chi connectivity index (χ2v) is 4.68. The van der Waals surface area contributed by atoms with Crippen LogP contribution in [0, 0.1) is 6.92 Å². The first-order valence-electron chi connectivity index (χ1n) is 6.32. The van der Waals surface area contributed by atoms with E-state index in [9.17, 15) is 19.8 Å². The summed E-state index contributed by atoms with van der Waals surface area (Å²) in [4.78, 5) is 23.2. The van der Waals surface area contributed by atoms with Crippen molar-refractivity contribution < 1.29 is 24.2 Å². The molecule has 0 aliphatic heterocycles. The van der Waals surface area contributed by atoms with Crippen molar-refractivity contribution in [1.82, 2.24) is 5.32 Å². The number of aryl methyl sites for hydroxylation is 1. The molecule has 1 amide bonds. The summed E-state index contributed by atoms with van der Waals surface area (Å²) in [6.45, 7) is 1.70. The average molecular weight is 289 g/mol. The highest BCUT2D eigenvalue weighted by atomic mass is 16.4. The van der Waals surface area contributed by atoms with Gasteiger partial charge in [-0.2, -0.15) is 0 Å². The molecule has 1 heterocycles. The summed E-state index contributed by atoms with van der Waals surface area (Å²) < 4.78 is 5.02. The Labute approximate surface area is 121 Å². The van der Waals surface area contributed by atoms with Gasteiger partial charge in [-0.15, -0.1) is 0 Å². The summed E-state index contributed by atoms with van der Waals surface area (Å²) in [5.74, 6) is -0.955. The Kier molecular flexibility index (Phi) is 4.27. The Balaban J connectivity index is 2.07. The Hall–Kier alpha value is -2.76. The third-order valence-electron chi connectivity index (χ3n) is 2.97. The van der Waals surface area contributed by atoms with Gasteiger partial charge in [0.25, 0.3) is 5.91 Å². The van der Waals surface area contributed by atoms with E-state index >= 15 is 0 Å². The van der Waals surface area contributed by atoms with Gasteiger partial charge in [0.1, 0.15) is 23.8 Å². The molecule has 2 aromatic rings. The number of aromatic hydroxyl groups is 1. The molecule has 0 saturated heterocycles. The molecule has 1 atom stereocenters. The predicted molar refractivity (Wildman–Crippen MR) is 74.1 cm³/mol. The number of phenols is 1. The number of carboxylic acid groups (broad SMARTS) is 1. The van der Waals surface area contributed by atoms with Crippen molar-refractivity contribution >= 4 is 11.9 Å². The van der Waals surface area contributed by atoms with Crippen LogP contribution < -0.4 is 5.32 Å². The molecule has 1 unspecified atom stereocenters. The largest absolute Gasteiger partial charge is 0.508 e. The molecule has 6 nitrogen and oxygen atoms in total. The van der Waals surface area contributed by atoms with E-state index in [1.54, 1.807) is 19.1 Å². The molecule has 0 bridgehead atoms. The number of rotatable bonds is 5. The number of benzene rings is 1. The van der Waals surface area contributed by atoms with Gasteiger partial charge in [-0.1, -0.05) is 12.1 Å². The summed E-state index contributed by atoms with van der Waals surface area (Å²) in [5.41, 5.74) is 0.980. The van der Waals surface area contributed by atoms with Crippen LogP contribution in [0.1, 0.15) is 21.7 Å². The van der Waals surface area contributed by atoms with Crippen LogP contribution in [0.3, 0.4) is 0 Å². The summed E-state index contributed by atoms with van der Waals surface area (Å²) in [6, 6.07) is 6.64. The van der Waals surface area contributed by atoms with Gasteiger partial charge in [-0.05, 0) is 30.7 Å². The number of amides is 1. The maximum absolute atomic E-state index is 11.9. The smallest absolute Gasteiger partial charge is 0.326 e. The number of carbonyl (C=O) groups is 2. The Morgan fingerprint density at radius 2 is 1.95 bits per heavy atom. The number of carbonyl (C=O) groups excluding carboxylic acids is 1. The highest BCUT2D eigenvalue weighted by Crippen LogP contribution is 2.12. The van der Waals surface area contributed by atoms with Gasteiger partial charge in [0.2, 0.25) is 0 Å². The Bertz CT molecular complexity index is 644. The average Bonchev–Trinajstić information content (AvgIpc) is 2.87. The van der Waals surface area contributed by atoms with Crippen LogP contribution in [-0.2, 0) is 11.2 Å². The zero-order chi connectivity index (χ0) is 15.4. The Morgan fingerprint density at radius 3 is 2.48 bits per heavy atom. The van der Waals surface area contributed by atoms with Crippen molar-refractivity contribution in [3.63, 3.8) is 0 Å². The molecular formula is C15H15NO5. The number of phenolic OH excluding ortho intramolecular Hbond substituents is 1. The molecule has 0 fully saturated rings. The van der Waals surface area contributed by atoms with E-state index in [0.29, 0.717) is 11.3 Å². The molecule has 2 rings (SSSR count). The van der Waals surface area contributed by atoms with E-state index in [0.717, 1.165) is 0 Å². The molecule has 0 saturated carbocycles. The fraction of sp³-hybridized carbons (Fsp3) is 0.200. The summed E-state index contributed by atoms with van der Waals surface area (Å²) in [5, 5.41) is 20.9. The van der Waals surface area contributed by atoms with Gasteiger partial charge in [-0.3, -0.25) is 4.79 Å². The molecular weight excluding hydrogens is 274 g/mol. The summed E-state index contributed by atoms with van der Waals surface area (Å²) >= 11 is 0. The van der Waals surface area contributed by atoms with Crippen LogP contribution in [0.4, 0.5) is 0 Å². The lowest BCUT2D eigenvalue weighted by molar-refractivity contribution is -0.139. The topological polar surface area (TPSA) is 99.8 Å². The third kappa shape index (κ3) is 3.85. The van der Waals surface area contributed by atoms with E-state index in [1.165, 1.54) is 24.5 Å². The van der Waals surface area contributed by atoms with Gasteiger partial charge in [0.15, 0.2) is 0 Å². The van der Waals surface area contributed by atoms with Crippen molar-refractivity contribution in [2.45, 2.75) is 19.4 Å². The van der Waals surface area contributed by atoms with Crippen LogP contribution in [-0.4, -0.2) is 28.1 Å². The number of furan rings is 1. The molecule has 110 valence electrons. The number of hydrogen-bond acceptors (Lipinski definition) is 4. The lowest BCUT2D eigenvalue weighted by Crippen LogP contribution is -2.42. The first-order chi connectivity index (χ1) is 9.95. The van der Waals surface area contributed by atoms with Crippen LogP contribution >= 0.6 is 0 Å². The van der Waals surface area contributed by atoms with E-state index in [-0.39, 0.29) is 17.7 Å². The minimum atomic E-state index is -1.13. The summed E-state index contributed by atoms with van der Waals surface area (Å²) in [6.07, 6.45) is 1.41. The number of carboxylic acids is 1. The van der Waals surface area contributed by atoms with E-state index < -0.39 is 17.9 Å². The molecule has 1 aromatic carbocycles. The van der Waals surface area contributed by atoms with Crippen molar-refractivity contribution in [2.75, 3.05) is 0 Å². The molecule has 1 aromatic heterocycles. The highest BCUT2D eigenvalue weighted by Gasteiger charge is 2.21. The first kappa shape index (κ1) is 14.6. The van der Waals surface area contributed by atoms with Crippen LogP contribution in [0.2, 0.25) is 0 Å². The zero-order valence-corrected chi connectivity index (χ0v) is 11.4. The first-order valence-corrected chi connectivity index (χ1v) is 6.32.